The van der Waals surface area contributed by atoms with Gasteiger partial charge in [-0.1, -0.05) is 80.6 Å². The summed E-state index contributed by atoms with van der Waals surface area (Å²) in [5.41, 5.74) is 2.83. The van der Waals surface area contributed by atoms with E-state index in [1.54, 1.807) is 0 Å². The molecule has 1 amide bonds. The Hall–Kier alpha value is -2.65. The van der Waals surface area contributed by atoms with Crippen molar-refractivity contribution in [2.75, 3.05) is 0 Å². The summed E-state index contributed by atoms with van der Waals surface area (Å²) < 4.78 is 6.81. The summed E-state index contributed by atoms with van der Waals surface area (Å²) >= 11 is 0. The molecule has 31 heavy (non-hydrogen) atoms. The maximum Gasteiger partial charge on any atom is 0.248 e. The molecule has 0 radical (unpaired) electrons. The molecule has 2 fully saturated rings. The molecule has 162 valence electrons. The second-order valence-corrected chi connectivity index (χ2v) is 9.49. The molecule has 2 aromatic rings. The van der Waals surface area contributed by atoms with Gasteiger partial charge in [-0.2, -0.15) is 0 Å². The number of hydrogen-bond acceptors (Lipinski definition) is 2. The number of amides is 1. The molecule has 2 aromatic carbocycles. The van der Waals surface area contributed by atoms with Crippen LogP contribution < -0.4 is 0 Å². The summed E-state index contributed by atoms with van der Waals surface area (Å²) in [5, 5.41) is 0. The lowest BCUT2D eigenvalue weighted by Crippen LogP contribution is -2.66. The van der Waals surface area contributed by atoms with Gasteiger partial charge in [0, 0.05) is 17.0 Å². The summed E-state index contributed by atoms with van der Waals surface area (Å²) in [6, 6.07) is 20.5. The van der Waals surface area contributed by atoms with Gasteiger partial charge in [0.25, 0.3) is 0 Å². The zero-order valence-corrected chi connectivity index (χ0v) is 18.8. The van der Waals surface area contributed by atoms with Crippen LogP contribution in [0.5, 0.6) is 0 Å². The summed E-state index contributed by atoms with van der Waals surface area (Å²) in [7, 11) is 0. The second kappa shape index (κ2) is 8.84. The largest absolute Gasteiger partial charge is 0.350 e. The highest BCUT2D eigenvalue weighted by molar-refractivity contribution is 5.92. The summed E-state index contributed by atoms with van der Waals surface area (Å²) in [5.74, 6) is 0.872. The molecule has 4 atom stereocenters. The highest BCUT2D eigenvalue weighted by Crippen LogP contribution is 2.47. The van der Waals surface area contributed by atoms with E-state index in [1.165, 1.54) is 12.5 Å². The number of fused-ring (bicyclic) bond motifs is 1. The van der Waals surface area contributed by atoms with E-state index in [1.807, 2.05) is 41.3 Å². The van der Waals surface area contributed by atoms with Gasteiger partial charge in [-0.25, -0.2) is 0 Å². The highest BCUT2D eigenvalue weighted by Gasteiger charge is 2.52. The van der Waals surface area contributed by atoms with Crippen LogP contribution in [-0.4, -0.2) is 28.7 Å². The Bertz CT molecular complexity index is 947. The molecule has 1 saturated heterocycles. The van der Waals surface area contributed by atoms with Crippen LogP contribution >= 0.6 is 0 Å². The molecule has 0 bridgehead atoms. The van der Waals surface area contributed by atoms with Crippen LogP contribution in [0, 0.1) is 11.8 Å². The molecule has 1 aliphatic heterocycles. The van der Waals surface area contributed by atoms with Crippen LogP contribution in [0.4, 0.5) is 0 Å². The van der Waals surface area contributed by atoms with Crippen LogP contribution in [0.2, 0.25) is 0 Å². The molecule has 0 N–H and O–H groups in total. The van der Waals surface area contributed by atoms with Crippen molar-refractivity contribution in [2.45, 2.75) is 57.9 Å². The third kappa shape index (κ3) is 4.24. The molecule has 0 unspecified atom stereocenters. The number of rotatable bonds is 4. The van der Waals surface area contributed by atoms with E-state index < -0.39 is 6.23 Å². The molecular formula is C28H33NO2. The van der Waals surface area contributed by atoms with Gasteiger partial charge in [0.2, 0.25) is 5.91 Å². The van der Waals surface area contributed by atoms with Gasteiger partial charge in [-0.05, 0) is 55.9 Å². The minimum Gasteiger partial charge on any atom is -0.350 e. The van der Waals surface area contributed by atoms with E-state index in [4.69, 9.17) is 4.74 Å². The summed E-state index contributed by atoms with van der Waals surface area (Å²) in [4.78, 5) is 15.2. The van der Waals surface area contributed by atoms with Gasteiger partial charge in [0.05, 0.1) is 6.10 Å². The van der Waals surface area contributed by atoms with Crippen molar-refractivity contribution in [3.8, 4) is 0 Å². The van der Waals surface area contributed by atoms with Gasteiger partial charge in [-0.15, -0.1) is 0 Å². The minimum absolute atomic E-state index is 0.0815. The Morgan fingerprint density at radius 3 is 2.35 bits per heavy atom. The molecule has 1 heterocycles. The smallest absolute Gasteiger partial charge is 0.248 e. The molecule has 3 nitrogen and oxygen atoms in total. The molecule has 1 saturated carbocycles. The van der Waals surface area contributed by atoms with Crippen molar-refractivity contribution in [2.24, 2.45) is 11.8 Å². The third-order valence-electron chi connectivity index (χ3n) is 7.03. The Morgan fingerprint density at radius 2 is 1.71 bits per heavy atom. The van der Waals surface area contributed by atoms with Crippen LogP contribution in [0.15, 0.2) is 73.3 Å². The molecule has 2 aliphatic rings. The number of nitrogens with zero attached hydrogens (tertiary/aromatic N) is 1. The average Bonchev–Trinajstić information content (AvgIpc) is 2.77. The number of carbonyl (C=O) groups is 1. The Balaban J connectivity index is 1.85. The van der Waals surface area contributed by atoms with Crippen molar-refractivity contribution in [3.05, 3.63) is 84.4 Å². The predicted molar refractivity (Wildman–Crippen MR) is 127 cm³/mol. The molecule has 0 aromatic heterocycles. The fourth-order valence-corrected chi connectivity index (χ4v) is 5.36. The Labute approximate surface area is 186 Å². The van der Waals surface area contributed by atoms with E-state index in [-0.39, 0.29) is 17.6 Å². The third-order valence-corrected chi connectivity index (χ3v) is 7.03. The van der Waals surface area contributed by atoms with E-state index >= 15 is 0 Å². The lowest BCUT2D eigenvalue weighted by atomic mass is 9.69. The fraction of sp³-hybridized carbons (Fsp3) is 0.393. The maximum absolute atomic E-state index is 13.2. The van der Waals surface area contributed by atoms with Crippen molar-refractivity contribution >= 4 is 17.6 Å². The monoisotopic (exact) mass is 415 g/mol. The summed E-state index contributed by atoms with van der Waals surface area (Å²) in [6.07, 6.45) is 6.56. The fourth-order valence-electron chi connectivity index (χ4n) is 5.36. The van der Waals surface area contributed by atoms with Crippen molar-refractivity contribution in [1.82, 2.24) is 4.90 Å². The van der Waals surface area contributed by atoms with Gasteiger partial charge in [0.15, 0.2) is 6.23 Å². The van der Waals surface area contributed by atoms with Crippen LogP contribution in [0.1, 0.15) is 51.2 Å². The van der Waals surface area contributed by atoms with Gasteiger partial charge in [0.1, 0.15) is 0 Å². The van der Waals surface area contributed by atoms with Crippen LogP contribution in [0.25, 0.3) is 11.6 Å². The first-order valence-corrected chi connectivity index (χ1v) is 11.3. The van der Waals surface area contributed by atoms with Crippen molar-refractivity contribution in [1.29, 1.82) is 0 Å². The zero-order chi connectivity index (χ0) is 22.0. The number of carbonyl (C=O) groups excluding carboxylic acids is 1. The SMILES string of the molecule is C=CC(=O)N1[C@H](/C(=C/c2ccccc2)c2ccccc2)O[C@@H]2C[C@H](C)CC[C@H]2C1(C)C. The molecule has 1 aliphatic carbocycles. The first-order valence-electron chi connectivity index (χ1n) is 11.3. The van der Waals surface area contributed by atoms with Gasteiger partial charge >= 0.3 is 0 Å². The van der Waals surface area contributed by atoms with E-state index in [2.05, 4.69) is 57.7 Å². The van der Waals surface area contributed by atoms with Crippen LogP contribution in [0.3, 0.4) is 0 Å². The maximum atomic E-state index is 13.2. The number of ether oxygens (including phenoxy) is 1. The first kappa shape index (κ1) is 21.6. The average molecular weight is 416 g/mol. The Kier molecular flexibility index (Phi) is 6.15. The predicted octanol–water partition coefficient (Wildman–Crippen LogP) is 6.18. The first-order chi connectivity index (χ1) is 14.9. The minimum atomic E-state index is -0.463. The number of hydrogen-bond donors (Lipinski definition) is 0. The second-order valence-electron chi connectivity index (χ2n) is 9.49. The van der Waals surface area contributed by atoms with E-state index in [9.17, 15) is 4.79 Å². The normalized spacial score (nSPS) is 28.0. The lowest BCUT2D eigenvalue weighted by molar-refractivity contribution is -0.210. The molecule has 0 spiro atoms. The number of benzene rings is 2. The standard InChI is InChI=1S/C28H33NO2/c1-5-26(30)29-27(31-25-18-20(2)16-17-24(25)28(29,3)4)23(22-14-10-7-11-15-22)19-21-12-8-6-9-13-21/h5-15,19-20,24-25,27H,1,16-18H2,2-4H3/b23-19+/t20-,24-,25-,27+/m1/s1. The van der Waals surface area contributed by atoms with E-state index in [0.29, 0.717) is 11.8 Å². The molecule has 4 rings (SSSR count). The topological polar surface area (TPSA) is 29.5 Å². The van der Waals surface area contributed by atoms with E-state index in [0.717, 1.165) is 29.5 Å². The lowest BCUT2D eigenvalue weighted by Gasteiger charge is -2.57. The van der Waals surface area contributed by atoms with Crippen molar-refractivity contribution < 1.29 is 9.53 Å². The van der Waals surface area contributed by atoms with Gasteiger partial charge in [-0.3, -0.25) is 4.79 Å². The van der Waals surface area contributed by atoms with Crippen LogP contribution in [-0.2, 0) is 9.53 Å². The highest BCUT2D eigenvalue weighted by atomic mass is 16.5. The Morgan fingerprint density at radius 1 is 1.06 bits per heavy atom. The zero-order valence-electron chi connectivity index (χ0n) is 18.8. The quantitative estimate of drug-likeness (QED) is 0.441. The van der Waals surface area contributed by atoms with Gasteiger partial charge < -0.3 is 9.64 Å². The summed E-state index contributed by atoms with van der Waals surface area (Å²) in [6.45, 7) is 10.5. The molecule has 3 heteroatoms. The van der Waals surface area contributed by atoms with Crippen molar-refractivity contribution in [3.63, 3.8) is 0 Å². The molecular weight excluding hydrogens is 382 g/mol.